The Morgan fingerprint density at radius 3 is 2.38 bits per heavy atom. The molecule has 0 aromatic heterocycles. The molecule has 0 saturated carbocycles. The highest BCUT2D eigenvalue weighted by molar-refractivity contribution is 6.00. The SMILES string of the molecule is C/C(=N/O)c1ccc(C)cc1OCc1ccc(CO)cc1. The molecule has 2 rings (SSSR count). The Bertz CT molecular complexity index is 633. The summed E-state index contributed by atoms with van der Waals surface area (Å²) in [6.07, 6.45) is 0. The third kappa shape index (κ3) is 3.83. The Hall–Kier alpha value is -2.33. The van der Waals surface area contributed by atoms with E-state index in [-0.39, 0.29) is 6.61 Å². The maximum Gasteiger partial charge on any atom is 0.129 e. The Balaban J connectivity index is 2.16. The van der Waals surface area contributed by atoms with Gasteiger partial charge < -0.3 is 15.1 Å². The van der Waals surface area contributed by atoms with Crippen molar-refractivity contribution in [1.29, 1.82) is 0 Å². The van der Waals surface area contributed by atoms with Crippen molar-refractivity contribution in [3.05, 3.63) is 64.7 Å². The summed E-state index contributed by atoms with van der Waals surface area (Å²) in [5, 5.41) is 21.2. The smallest absolute Gasteiger partial charge is 0.129 e. The Labute approximate surface area is 124 Å². The quantitative estimate of drug-likeness (QED) is 0.503. The molecule has 0 saturated heterocycles. The van der Waals surface area contributed by atoms with Gasteiger partial charge >= 0.3 is 0 Å². The van der Waals surface area contributed by atoms with Crippen LogP contribution in [0.2, 0.25) is 0 Å². The first kappa shape index (κ1) is 15.1. The topological polar surface area (TPSA) is 62.1 Å². The number of benzene rings is 2. The maximum atomic E-state index is 9.02. The summed E-state index contributed by atoms with van der Waals surface area (Å²) in [4.78, 5) is 0. The molecule has 0 fully saturated rings. The van der Waals surface area contributed by atoms with E-state index in [1.807, 2.05) is 49.4 Å². The number of hydrogen-bond donors (Lipinski definition) is 2. The summed E-state index contributed by atoms with van der Waals surface area (Å²) in [5.41, 5.74) is 4.25. The predicted octanol–water partition coefficient (Wildman–Crippen LogP) is 3.26. The van der Waals surface area contributed by atoms with Crippen LogP contribution in [0.15, 0.2) is 47.6 Å². The van der Waals surface area contributed by atoms with E-state index >= 15 is 0 Å². The summed E-state index contributed by atoms with van der Waals surface area (Å²) in [6, 6.07) is 13.3. The van der Waals surface area contributed by atoms with Gasteiger partial charge in [-0.2, -0.15) is 0 Å². The number of ether oxygens (including phenoxy) is 1. The van der Waals surface area contributed by atoms with E-state index in [0.29, 0.717) is 18.1 Å². The zero-order chi connectivity index (χ0) is 15.2. The molecule has 0 radical (unpaired) electrons. The van der Waals surface area contributed by atoms with Crippen LogP contribution < -0.4 is 4.74 Å². The van der Waals surface area contributed by atoms with E-state index in [1.165, 1.54) is 0 Å². The third-order valence-electron chi connectivity index (χ3n) is 3.28. The first-order valence-electron chi connectivity index (χ1n) is 6.75. The van der Waals surface area contributed by atoms with Gasteiger partial charge in [0, 0.05) is 5.56 Å². The van der Waals surface area contributed by atoms with Crippen LogP contribution in [0, 0.1) is 6.92 Å². The van der Waals surface area contributed by atoms with Crippen molar-refractivity contribution in [1.82, 2.24) is 0 Å². The highest BCUT2D eigenvalue weighted by Gasteiger charge is 2.08. The molecule has 2 aromatic carbocycles. The molecule has 110 valence electrons. The summed E-state index contributed by atoms with van der Waals surface area (Å²) in [6.45, 7) is 4.17. The average Bonchev–Trinajstić information content (AvgIpc) is 2.52. The summed E-state index contributed by atoms with van der Waals surface area (Å²) >= 11 is 0. The maximum absolute atomic E-state index is 9.02. The van der Waals surface area contributed by atoms with Gasteiger partial charge in [0.05, 0.1) is 12.3 Å². The molecule has 0 spiro atoms. The Morgan fingerprint density at radius 2 is 1.76 bits per heavy atom. The van der Waals surface area contributed by atoms with Crippen molar-refractivity contribution in [3.8, 4) is 5.75 Å². The van der Waals surface area contributed by atoms with Crippen LogP contribution in [0.25, 0.3) is 0 Å². The fraction of sp³-hybridized carbons (Fsp3) is 0.235. The summed E-state index contributed by atoms with van der Waals surface area (Å²) in [7, 11) is 0. The van der Waals surface area contributed by atoms with Crippen molar-refractivity contribution in [3.63, 3.8) is 0 Å². The lowest BCUT2D eigenvalue weighted by Crippen LogP contribution is -2.03. The van der Waals surface area contributed by atoms with Crippen molar-refractivity contribution >= 4 is 5.71 Å². The second-order valence-electron chi connectivity index (χ2n) is 4.95. The van der Waals surface area contributed by atoms with Gasteiger partial charge in [0.25, 0.3) is 0 Å². The molecule has 0 amide bonds. The molecule has 0 aliphatic carbocycles. The Morgan fingerprint density at radius 1 is 1.10 bits per heavy atom. The lowest BCUT2D eigenvalue weighted by Gasteiger charge is -2.12. The van der Waals surface area contributed by atoms with E-state index in [1.54, 1.807) is 6.92 Å². The van der Waals surface area contributed by atoms with Crippen molar-refractivity contribution in [2.75, 3.05) is 0 Å². The molecule has 0 unspecified atom stereocenters. The molecule has 21 heavy (non-hydrogen) atoms. The Kier molecular flexibility index (Phi) is 4.95. The third-order valence-corrected chi connectivity index (χ3v) is 3.28. The van der Waals surface area contributed by atoms with E-state index in [4.69, 9.17) is 15.1 Å². The minimum Gasteiger partial charge on any atom is -0.488 e. The molecular formula is C17H19NO3. The minimum absolute atomic E-state index is 0.0370. The van der Waals surface area contributed by atoms with E-state index in [9.17, 15) is 0 Å². The molecule has 0 aliphatic heterocycles. The zero-order valence-corrected chi connectivity index (χ0v) is 12.2. The van der Waals surface area contributed by atoms with Gasteiger partial charge in [-0.25, -0.2) is 0 Å². The summed E-state index contributed by atoms with van der Waals surface area (Å²) in [5.74, 6) is 0.691. The first-order valence-corrected chi connectivity index (χ1v) is 6.75. The normalized spacial score (nSPS) is 11.5. The number of nitrogens with zero attached hydrogens (tertiary/aromatic N) is 1. The monoisotopic (exact) mass is 285 g/mol. The van der Waals surface area contributed by atoms with Crippen LogP contribution in [0.4, 0.5) is 0 Å². The van der Waals surface area contributed by atoms with Crippen LogP contribution in [0.5, 0.6) is 5.75 Å². The first-order chi connectivity index (χ1) is 10.1. The van der Waals surface area contributed by atoms with Gasteiger partial charge in [-0.15, -0.1) is 0 Å². The molecule has 4 heteroatoms. The van der Waals surface area contributed by atoms with E-state index in [0.717, 1.165) is 22.3 Å². The zero-order valence-electron chi connectivity index (χ0n) is 12.2. The number of aliphatic hydroxyl groups is 1. The van der Waals surface area contributed by atoms with Crippen LogP contribution in [0.1, 0.15) is 29.2 Å². The fourth-order valence-electron chi connectivity index (χ4n) is 2.00. The van der Waals surface area contributed by atoms with Crippen LogP contribution in [0.3, 0.4) is 0 Å². The second kappa shape index (κ2) is 6.90. The van der Waals surface area contributed by atoms with Gasteiger partial charge in [-0.3, -0.25) is 0 Å². The minimum atomic E-state index is 0.0370. The number of oxime groups is 1. The second-order valence-corrected chi connectivity index (χ2v) is 4.95. The van der Waals surface area contributed by atoms with Gasteiger partial charge in [-0.05, 0) is 42.7 Å². The molecule has 2 N–H and O–H groups in total. The van der Waals surface area contributed by atoms with Crippen molar-refractivity contribution in [2.45, 2.75) is 27.1 Å². The molecule has 0 atom stereocenters. The fourth-order valence-corrected chi connectivity index (χ4v) is 2.00. The van der Waals surface area contributed by atoms with Crippen molar-refractivity contribution in [2.24, 2.45) is 5.16 Å². The van der Waals surface area contributed by atoms with Gasteiger partial charge in [0.2, 0.25) is 0 Å². The van der Waals surface area contributed by atoms with Gasteiger partial charge in [0.15, 0.2) is 0 Å². The standard InChI is InChI=1S/C17H19NO3/c1-12-3-8-16(13(2)18-20)17(9-12)21-11-15-6-4-14(10-19)5-7-15/h3-9,19-20H,10-11H2,1-2H3/b18-13-. The number of aliphatic hydroxyl groups excluding tert-OH is 1. The van der Waals surface area contributed by atoms with Gasteiger partial charge in [-0.1, -0.05) is 35.5 Å². The molecular weight excluding hydrogens is 266 g/mol. The summed E-state index contributed by atoms with van der Waals surface area (Å²) < 4.78 is 5.85. The lowest BCUT2D eigenvalue weighted by molar-refractivity contribution is 0.281. The average molecular weight is 285 g/mol. The van der Waals surface area contributed by atoms with Crippen LogP contribution >= 0.6 is 0 Å². The van der Waals surface area contributed by atoms with E-state index in [2.05, 4.69) is 5.16 Å². The lowest BCUT2D eigenvalue weighted by atomic mass is 10.1. The van der Waals surface area contributed by atoms with Crippen molar-refractivity contribution < 1.29 is 15.1 Å². The number of rotatable bonds is 5. The number of aryl methyl sites for hydroxylation is 1. The molecule has 4 nitrogen and oxygen atoms in total. The predicted molar refractivity (Wildman–Crippen MR) is 81.9 cm³/mol. The van der Waals surface area contributed by atoms with E-state index < -0.39 is 0 Å². The highest BCUT2D eigenvalue weighted by Crippen LogP contribution is 2.22. The van der Waals surface area contributed by atoms with Crippen LogP contribution in [-0.4, -0.2) is 16.0 Å². The van der Waals surface area contributed by atoms with Crippen LogP contribution in [-0.2, 0) is 13.2 Å². The van der Waals surface area contributed by atoms with Gasteiger partial charge in [0.1, 0.15) is 12.4 Å². The molecule has 0 heterocycles. The molecule has 0 aliphatic rings. The molecule has 0 bridgehead atoms. The largest absolute Gasteiger partial charge is 0.488 e. The highest BCUT2D eigenvalue weighted by atomic mass is 16.5. The molecule has 2 aromatic rings. The number of hydrogen-bond acceptors (Lipinski definition) is 4.